The van der Waals surface area contributed by atoms with Crippen LogP contribution < -0.4 is 0 Å². The van der Waals surface area contributed by atoms with Gasteiger partial charge in [-0.2, -0.15) is 0 Å². The maximum Gasteiger partial charge on any atom is 0.0889 e. The molecule has 0 bridgehead atoms. The van der Waals surface area contributed by atoms with Crippen molar-refractivity contribution in [3.05, 3.63) is 0 Å². The van der Waals surface area contributed by atoms with Crippen LogP contribution in [-0.2, 0) is 4.74 Å². The molecule has 0 spiro atoms. The molecule has 86 valence electrons. The second-order valence-corrected chi connectivity index (χ2v) is 5.48. The highest BCUT2D eigenvalue weighted by Gasteiger charge is 2.45. The average Bonchev–Trinajstić information content (AvgIpc) is 2.04. The standard InChI is InChI=1S/C12H25ClO/c1-8(2)11(13)12(14-7,9(3)4)10(5)6/h8-11H,1-7H3. The first-order valence-electron chi connectivity index (χ1n) is 5.49. The Kier molecular flexibility index (Phi) is 5.46. The molecule has 0 aromatic carbocycles. The minimum absolute atomic E-state index is 0.0625. The van der Waals surface area contributed by atoms with Gasteiger partial charge in [0.05, 0.1) is 11.0 Å². The number of methoxy groups -OCH3 is 1. The van der Waals surface area contributed by atoms with Gasteiger partial charge >= 0.3 is 0 Å². The van der Waals surface area contributed by atoms with Crippen LogP contribution in [0.4, 0.5) is 0 Å². The predicted molar refractivity (Wildman–Crippen MR) is 63.9 cm³/mol. The first-order chi connectivity index (χ1) is 6.30. The normalized spacial score (nSPS) is 15.6. The summed E-state index contributed by atoms with van der Waals surface area (Å²) in [5.41, 5.74) is -0.213. The van der Waals surface area contributed by atoms with Crippen LogP contribution >= 0.6 is 11.6 Å². The zero-order valence-electron chi connectivity index (χ0n) is 10.6. The molecule has 1 unspecified atom stereocenters. The summed E-state index contributed by atoms with van der Waals surface area (Å²) in [5.74, 6) is 1.29. The highest BCUT2D eigenvalue weighted by atomic mass is 35.5. The molecule has 0 heterocycles. The third-order valence-corrected chi connectivity index (χ3v) is 4.02. The Morgan fingerprint density at radius 3 is 1.36 bits per heavy atom. The van der Waals surface area contributed by atoms with Crippen LogP contribution in [0.3, 0.4) is 0 Å². The Morgan fingerprint density at radius 2 is 1.29 bits per heavy atom. The van der Waals surface area contributed by atoms with Crippen molar-refractivity contribution < 1.29 is 4.74 Å². The lowest BCUT2D eigenvalue weighted by Gasteiger charge is -2.45. The van der Waals surface area contributed by atoms with Crippen LogP contribution in [0.1, 0.15) is 41.5 Å². The van der Waals surface area contributed by atoms with Gasteiger partial charge in [-0.1, -0.05) is 41.5 Å². The lowest BCUT2D eigenvalue weighted by Crippen LogP contribution is -2.52. The smallest absolute Gasteiger partial charge is 0.0889 e. The van der Waals surface area contributed by atoms with E-state index in [9.17, 15) is 0 Å². The number of hydrogen-bond acceptors (Lipinski definition) is 1. The fourth-order valence-electron chi connectivity index (χ4n) is 2.41. The lowest BCUT2D eigenvalue weighted by molar-refractivity contribution is -0.0930. The SMILES string of the molecule is COC(C(C)C)(C(C)C)C(Cl)C(C)C. The van der Waals surface area contributed by atoms with Gasteiger partial charge in [0.15, 0.2) is 0 Å². The third kappa shape index (κ3) is 2.43. The number of hydrogen-bond donors (Lipinski definition) is 0. The van der Waals surface area contributed by atoms with Crippen LogP contribution in [0.2, 0.25) is 0 Å². The van der Waals surface area contributed by atoms with Gasteiger partial charge in [0, 0.05) is 7.11 Å². The highest BCUT2D eigenvalue weighted by molar-refractivity contribution is 6.21. The summed E-state index contributed by atoms with van der Waals surface area (Å²) in [4.78, 5) is 0. The minimum Gasteiger partial charge on any atom is -0.376 e. The summed E-state index contributed by atoms with van der Waals surface area (Å²) in [6.07, 6.45) is 0. The summed E-state index contributed by atoms with van der Waals surface area (Å²) in [6.45, 7) is 13.0. The molecule has 0 fully saturated rings. The van der Waals surface area contributed by atoms with Crippen molar-refractivity contribution in [3.63, 3.8) is 0 Å². The molecule has 14 heavy (non-hydrogen) atoms. The van der Waals surface area contributed by atoms with Gasteiger partial charge in [0.1, 0.15) is 0 Å². The number of alkyl halides is 1. The highest BCUT2D eigenvalue weighted by Crippen LogP contribution is 2.39. The fourth-order valence-corrected chi connectivity index (χ4v) is 3.00. The van der Waals surface area contributed by atoms with E-state index in [4.69, 9.17) is 16.3 Å². The van der Waals surface area contributed by atoms with Gasteiger partial charge < -0.3 is 4.74 Å². The minimum atomic E-state index is -0.213. The van der Waals surface area contributed by atoms with Crippen molar-refractivity contribution in [1.29, 1.82) is 0 Å². The molecule has 0 N–H and O–H groups in total. The maximum absolute atomic E-state index is 6.50. The van der Waals surface area contributed by atoms with E-state index in [0.717, 1.165) is 0 Å². The predicted octanol–water partition coefficient (Wildman–Crippen LogP) is 3.95. The molecule has 0 aliphatic carbocycles. The Hall–Kier alpha value is 0.250. The summed E-state index contributed by atoms with van der Waals surface area (Å²) >= 11 is 6.50. The van der Waals surface area contributed by atoms with Gasteiger partial charge in [0.25, 0.3) is 0 Å². The fraction of sp³-hybridized carbons (Fsp3) is 1.00. The molecule has 2 heteroatoms. The molecular weight excluding hydrogens is 196 g/mol. The van der Waals surface area contributed by atoms with E-state index >= 15 is 0 Å². The molecule has 1 atom stereocenters. The molecule has 0 aromatic heterocycles. The first kappa shape index (κ1) is 14.2. The second kappa shape index (κ2) is 5.37. The summed E-state index contributed by atoms with van der Waals surface area (Å²) < 4.78 is 5.75. The molecule has 0 radical (unpaired) electrons. The largest absolute Gasteiger partial charge is 0.376 e. The van der Waals surface area contributed by atoms with Crippen molar-refractivity contribution in [2.24, 2.45) is 17.8 Å². The van der Waals surface area contributed by atoms with Gasteiger partial charge in [-0.05, 0) is 17.8 Å². The molecule has 0 rings (SSSR count). The summed E-state index contributed by atoms with van der Waals surface area (Å²) in [5, 5.41) is 0.0625. The molecule has 0 saturated carbocycles. The second-order valence-electron chi connectivity index (χ2n) is 5.01. The van der Waals surface area contributed by atoms with Crippen LogP contribution in [0.25, 0.3) is 0 Å². The first-order valence-corrected chi connectivity index (χ1v) is 5.93. The maximum atomic E-state index is 6.50. The van der Waals surface area contributed by atoms with Crippen molar-refractivity contribution in [2.75, 3.05) is 7.11 Å². The number of ether oxygens (including phenoxy) is 1. The van der Waals surface area contributed by atoms with Gasteiger partial charge in [-0.25, -0.2) is 0 Å². The third-order valence-electron chi connectivity index (χ3n) is 3.17. The van der Waals surface area contributed by atoms with E-state index in [0.29, 0.717) is 17.8 Å². The quantitative estimate of drug-likeness (QED) is 0.638. The molecule has 1 nitrogen and oxygen atoms in total. The molecule has 0 aliphatic rings. The van der Waals surface area contributed by atoms with E-state index in [1.165, 1.54) is 0 Å². The van der Waals surface area contributed by atoms with Gasteiger partial charge in [-0.3, -0.25) is 0 Å². The number of halogens is 1. The molecular formula is C12H25ClO. The van der Waals surface area contributed by atoms with E-state index in [-0.39, 0.29) is 11.0 Å². The molecule has 0 saturated heterocycles. The van der Waals surface area contributed by atoms with Crippen molar-refractivity contribution >= 4 is 11.6 Å². The zero-order valence-corrected chi connectivity index (χ0v) is 11.4. The van der Waals surface area contributed by atoms with E-state index in [1.807, 2.05) is 0 Å². The topological polar surface area (TPSA) is 9.23 Å². The van der Waals surface area contributed by atoms with Crippen LogP contribution in [0.5, 0.6) is 0 Å². The molecule has 0 amide bonds. The Balaban J connectivity index is 5.03. The van der Waals surface area contributed by atoms with Crippen molar-refractivity contribution in [2.45, 2.75) is 52.5 Å². The van der Waals surface area contributed by atoms with Gasteiger partial charge in [0.2, 0.25) is 0 Å². The van der Waals surface area contributed by atoms with E-state index in [2.05, 4.69) is 41.5 Å². The summed E-state index contributed by atoms with van der Waals surface area (Å²) in [7, 11) is 1.78. The van der Waals surface area contributed by atoms with Gasteiger partial charge in [-0.15, -0.1) is 11.6 Å². The monoisotopic (exact) mass is 220 g/mol. The van der Waals surface area contributed by atoms with E-state index in [1.54, 1.807) is 7.11 Å². The van der Waals surface area contributed by atoms with E-state index < -0.39 is 0 Å². The van der Waals surface area contributed by atoms with Crippen molar-refractivity contribution in [1.82, 2.24) is 0 Å². The average molecular weight is 221 g/mol. The van der Waals surface area contributed by atoms with Crippen LogP contribution in [0.15, 0.2) is 0 Å². The number of rotatable bonds is 5. The Morgan fingerprint density at radius 1 is 0.929 bits per heavy atom. The zero-order chi connectivity index (χ0) is 11.5. The Bertz CT molecular complexity index is 156. The Labute approximate surface area is 94.2 Å². The lowest BCUT2D eigenvalue weighted by atomic mass is 9.74. The molecule has 0 aliphatic heterocycles. The van der Waals surface area contributed by atoms with Crippen molar-refractivity contribution in [3.8, 4) is 0 Å². The summed E-state index contributed by atoms with van der Waals surface area (Å²) in [6, 6.07) is 0. The van der Waals surface area contributed by atoms with Crippen LogP contribution in [-0.4, -0.2) is 18.1 Å². The van der Waals surface area contributed by atoms with Crippen LogP contribution in [0, 0.1) is 17.8 Å². The molecule has 0 aromatic rings.